The van der Waals surface area contributed by atoms with Crippen molar-refractivity contribution in [3.63, 3.8) is 0 Å². The van der Waals surface area contributed by atoms with E-state index in [2.05, 4.69) is 10.9 Å². The Morgan fingerprint density at radius 1 is 1.55 bits per heavy atom. The quantitative estimate of drug-likeness (QED) is 0.604. The predicted molar refractivity (Wildman–Crippen MR) is 75.0 cm³/mol. The van der Waals surface area contributed by atoms with E-state index in [1.165, 1.54) is 17.0 Å². The number of hydrogen-bond acceptors (Lipinski definition) is 4. The van der Waals surface area contributed by atoms with Crippen LogP contribution in [0.3, 0.4) is 0 Å². The summed E-state index contributed by atoms with van der Waals surface area (Å²) in [6.07, 6.45) is 5.50. The first-order valence-corrected chi connectivity index (χ1v) is 6.98. The maximum absolute atomic E-state index is 12.3. The highest BCUT2D eigenvalue weighted by Gasteiger charge is 2.39. The van der Waals surface area contributed by atoms with Crippen LogP contribution < -0.4 is 4.90 Å². The summed E-state index contributed by atoms with van der Waals surface area (Å²) in [6.45, 7) is 0.427. The lowest BCUT2D eigenvalue weighted by molar-refractivity contribution is 0.0865. The van der Waals surface area contributed by atoms with Crippen molar-refractivity contribution in [3.8, 4) is 12.3 Å². The lowest BCUT2D eigenvalue weighted by Crippen LogP contribution is -2.50. The molecule has 0 saturated carbocycles. The number of amides is 1. The summed E-state index contributed by atoms with van der Waals surface area (Å²) in [5.74, 6) is 2.89. The smallest absolute Gasteiger partial charge is 0.262 e. The number of aliphatic imine (C=N–C) groups is 1. The van der Waals surface area contributed by atoms with Crippen molar-refractivity contribution in [2.24, 2.45) is 4.99 Å². The van der Waals surface area contributed by atoms with Gasteiger partial charge in [0.2, 0.25) is 5.96 Å². The zero-order valence-corrected chi connectivity index (χ0v) is 11.4. The van der Waals surface area contributed by atoms with Gasteiger partial charge in [0.15, 0.2) is 11.1 Å². The summed E-state index contributed by atoms with van der Waals surface area (Å²) in [5.41, 5.74) is 0.981. The van der Waals surface area contributed by atoms with E-state index < -0.39 is 11.1 Å². The Hall–Kier alpha value is -2.17. The number of fused-ring (bicyclic) bond motifs is 3. The van der Waals surface area contributed by atoms with Crippen LogP contribution in [0.15, 0.2) is 28.1 Å². The van der Waals surface area contributed by atoms with E-state index in [4.69, 9.17) is 11.0 Å². The molecule has 0 aromatic heterocycles. The molecule has 1 N–H and O–H groups in total. The van der Waals surface area contributed by atoms with Gasteiger partial charge in [-0.25, -0.2) is 9.20 Å². The fourth-order valence-electron chi connectivity index (χ4n) is 2.41. The van der Waals surface area contributed by atoms with E-state index in [9.17, 15) is 9.00 Å². The summed E-state index contributed by atoms with van der Waals surface area (Å²) in [7, 11) is 1.61. The molecular formula is C13H11N3O3S. The number of benzene rings is 1. The Morgan fingerprint density at radius 3 is 2.95 bits per heavy atom. The molecule has 6 nitrogen and oxygen atoms in total. The fourth-order valence-corrected chi connectivity index (χ4v) is 2.82. The highest BCUT2D eigenvalue weighted by atomic mass is 32.2. The summed E-state index contributed by atoms with van der Waals surface area (Å²) in [6, 6.07) is 4.32. The fraction of sp³-hybridized carbons (Fsp3) is 0.231. The first-order chi connectivity index (χ1) is 9.54. The highest BCUT2D eigenvalue weighted by molar-refractivity contribution is 7.79. The molecule has 2 aliphatic heterocycles. The molecule has 2 heterocycles. The highest BCUT2D eigenvalue weighted by Crippen LogP contribution is 2.33. The van der Waals surface area contributed by atoms with Gasteiger partial charge >= 0.3 is 0 Å². The van der Waals surface area contributed by atoms with E-state index in [0.29, 0.717) is 23.8 Å². The SMILES string of the molecule is C#C[C@H]1CN=C2N(C)C(=O)c3cc(S(=O)O)ccc3N21. The normalized spacial score (nSPS) is 21.9. The number of guanidine groups is 1. The Balaban J connectivity index is 2.20. The molecule has 20 heavy (non-hydrogen) atoms. The maximum Gasteiger partial charge on any atom is 0.262 e. The van der Waals surface area contributed by atoms with Crippen molar-refractivity contribution in [1.82, 2.24) is 4.90 Å². The average molecular weight is 289 g/mol. The van der Waals surface area contributed by atoms with Gasteiger partial charge in [-0.3, -0.25) is 14.6 Å². The molecule has 0 spiro atoms. The number of carbonyl (C=O) groups is 1. The number of anilines is 1. The molecule has 1 unspecified atom stereocenters. The largest absolute Gasteiger partial charge is 0.302 e. The second kappa shape index (κ2) is 4.44. The number of hydrogen-bond donors (Lipinski definition) is 1. The van der Waals surface area contributed by atoms with Gasteiger partial charge in [0.05, 0.1) is 22.7 Å². The zero-order valence-electron chi connectivity index (χ0n) is 10.6. The van der Waals surface area contributed by atoms with Crippen molar-refractivity contribution in [2.75, 3.05) is 18.5 Å². The standard InChI is InChI=1S/C13H11N3O3S/c1-3-8-7-14-13-15(2)12(17)10-6-9(20(18)19)4-5-11(10)16(8)13/h1,4-6,8H,7H2,2H3,(H,18,19)/t8-/m0/s1. The van der Waals surface area contributed by atoms with Crippen molar-refractivity contribution in [3.05, 3.63) is 23.8 Å². The van der Waals surface area contributed by atoms with Crippen LogP contribution in [0.2, 0.25) is 0 Å². The molecule has 7 heteroatoms. The summed E-state index contributed by atoms with van der Waals surface area (Å²) >= 11 is -2.13. The van der Waals surface area contributed by atoms with Crippen LogP contribution in [0.25, 0.3) is 0 Å². The molecule has 2 atom stereocenters. The Morgan fingerprint density at radius 2 is 2.30 bits per heavy atom. The molecule has 1 amide bonds. The molecule has 2 aliphatic rings. The van der Waals surface area contributed by atoms with Crippen LogP contribution in [-0.4, -0.2) is 45.2 Å². The second-order valence-electron chi connectivity index (χ2n) is 4.49. The number of nitrogens with zero attached hydrogens (tertiary/aromatic N) is 3. The Labute approximate surface area is 118 Å². The Kier molecular flexibility index (Phi) is 2.85. The third-order valence-electron chi connectivity index (χ3n) is 3.39. The molecule has 0 fully saturated rings. The molecule has 1 aromatic carbocycles. The molecule has 102 valence electrons. The summed E-state index contributed by atoms with van der Waals surface area (Å²) in [5, 5.41) is 0. The van der Waals surface area contributed by atoms with Gasteiger partial charge in [0.1, 0.15) is 6.04 Å². The van der Waals surface area contributed by atoms with E-state index in [0.717, 1.165) is 0 Å². The van der Waals surface area contributed by atoms with Crippen LogP contribution in [0.1, 0.15) is 10.4 Å². The minimum atomic E-state index is -2.13. The summed E-state index contributed by atoms with van der Waals surface area (Å²) in [4.78, 5) is 20.0. The molecule has 0 bridgehead atoms. The van der Waals surface area contributed by atoms with Crippen molar-refractivity contribution >= 4 is 28.6 Å². The van der Waals surface area contributed by atoms with Crippen molar-refractivity contribution in [1.29, 1.82) is 0 Å². The lowest BCUT2D eigenvalue weighted by Gasteiger charge is -2.35. The van der Waals surface area contributed by atoms with E-state index in [1.54, 1.807) is 18.0 Å². The molecular weight excluding hydrogens is 278 g/mol. The molecule has 0 aliphatic carbocycles. The van der Waals surface area contributed by atoms with Crippen LogP contribution in [-0.2, 0) is 11.1 Å². The minimum Gasteiger partial charge on any atom is -0.302 e. The van der Waals surface area contributed by atoms with E-state index >= 15 is 0 Å². The zero-order chi connectivity index (χ0) is 14.4. The van der Waals surface area contributed by atoms with Crippen LogP contribution >= 0.6 is 0 Å². The van der Waals surface area contributed by atoms with Crippen LogP contribution in [0, 0.1) is 12.3 Å². The molecule has 1 aromatic rings. The van der Waals surface area contributed by atoms with Gasteiger partial charge in [-0.05, 0) is 18.2 Å². The third-order valence-corrected chi connectivity index (χ3v) is 4.05. The van der Waals surface area contributed by atoms with Gasteiger partial charge < -0.3 is 4.55 Å². The monoisotopic (exact) mass is 289 g/mol. The van der Waals surface area contributed by atoms with Gasteiger partial charge in [-0.15, -0.1) is 6.42 Å². The van der Waals surface area contributed by atoms with E-state index in [1.807, 2.05) is 0 Å². The maximum atomic E-state index is 12.3. The van der Waals surface area contributed by atoms with Crippen molar-refractivity contribution in [2.45, 2.75) is 10.9 Å². The third kappa shape index (κ3) is 1.66. The first kappa shape index (κ1) is 12.8. The van der Waals surface area contributed by atoms with Crippen molar-refractivity contribution < 1.29 is 13.6 Å². The van der Waals surface area contributed by atoms with Gasteiger partial charge in [-0.1, -0.05) is 5.92 Å². The molecule has 0 radical (unpaired) electrons. The topological polar surface area (TPSA) is 73.2 Å². The second-order valence-corrected chi connectivity index (χ2v) is 5.46. The number of terminal acetylenes is 1. The molecule has 0 saturated heterocycles. The Bertz CT molecular complexity index is 707. The average Bonchev–Trinajstić information content (AvgIpc) is 2.88. The van der Waals surface area contributed by atoms with Gasteiger partial charge in [0, 0.05) is 7.05 Å². The van der Waals surface area contributed by atoms with Crippen LogP contribution in [0.4, 0.5) is 5.69 Å². The number of rotatable bonds is 1. The minimum absolute atomic E-state index is 0.183. The van der Waals surface area contributed by atoms with Crippen LogP contribution in [0.5, 0.6) is 0 Å². The predicted octanol–water partition coefficient (Wildman–Crippen LogP) is 0.531. The van der Waals surface area contributed by atoms with Gasteiger partial charge in [-0.2, -0.15) is 0 Å². The van der Waals surface area contributed by atoms with Gasteiger partial charge in [0.25, 0.3) is 5.91 Å². The first-order valence-electron chi connectivity index (χ1n) is 5.87. The summed E-state index contributed by atoms with van der Waals surface area (Å²) < 4.78 is 20.3. The lowest BCUT2D eigenvalue weighted by atomic mass is 10.1. The molecule has 3 rings (SSSR count). The number of carbonyl (C=O) groups excluding carboxylic acids is 1. The van der Waals surface area contributed by atoms with E-state index in [-0.39, 0.29) is 16.8 Å².